The van der Waals surface area contributed by atoms with E-state index in [4.69, 9.17) is 4.74 Å². The molecule has 0 aliphatic heterocycles. The van der Waals surface area contributed by atoms with Crippen LogP contribution < -0.4 is 4.74 Å². The highest BCUT2D eigenvalue weighted by Gasteiger charge is 2.01. The number of hydrogen-bond donors (Lipinski definition) is 0. The second-order valence-electron chi connectivity index (χ2n) is 3.64. The number of aryl methyl sites for hydroxylation is 1. The monoisotopic (exact) mass is 242 g/mol. The molecule has 72 valence electrons. The first-order valence-corrected chi connectivity index (χ1v) is 5.28. The SMILES string of the molecule is Cc1ccc(OCC(C)C)c(Br)c1. The quantitative estimate of drug-likeness (QED) is 0.784. The van der Waals surface area contributed by atoms with Crippen molar-refractivity contribution in [2.75, 3.05) is 6.61 Å². The number of ether oxygens (including phenoxy) is 1. The molecule has 1 aromatic carbocycles. The van der Waals surface area contributed by atoms with E-state index in [0.29, 0.717) is 5.92 Å². The summed E-state index contributed by atoms with van der Waals surface area (Å²) < 4.78 is 6.64. The smallest absolute Gasteiger partial charge is 0.133 e. The van der Waals surface area contributed by atoms with E-state index in [9.17, 15) is 0 Å². The molecule has 0 atom stereocenters. The van der Waals surface area contributed by atoms with Gasteiger partial charge in [-0.25, -0.2) is 0 Å². The molecule has 0 bridgehead atoms. The minimum absolute atomic E-state index is 0.563. The second kappa shape index (κ2) is 4.66. The molecule has 0 radical (unpaired) electrons. The summed E-state index contributed by atoms with van der Waals surface area (Å²) >= 11 is 3.47. The Kier molecular flexibility index (Phi) is 3.79. The van der Waals surface area contributed by atoms with Crippen molar-refractivity contribution >= 4 is 15.9 Å². The standard InChI is InChI=1S/C11H15BrO/c1-8(2)7-13-11-5-4-9(3)6-10(11)12/h4-6,8H,7H2,1-3H3. The summed E-state index contributed by atoms with van der Waals surface area (Å²) in [6, 6.07) is 6.12. The molecule has 0 saturated carbocycles. The van der Waals surface area contributed by atoms with Crippen LogP contribution in [0.3, 0.4) is 0 Å². The molecule has 0 N–H and O–H groups in total. The van der Waals surface area contributed by atoms with Gasteiger partial charge in [-0.3, -0.25) is 0 Å². The molecule has 0 saturated heterocycles. The van der Waals surface area contributed by atoms with Crippen molar-refractivity contribution in [2.45, 2.75) is 20.8 Å². The van der Waals surface area contributed by atoms with Gasteiger partial charge >= 0.3 is 0 Å². The Morgan fingerprint density at radius 3 is 2.62 bits per heavy atom. The van der Waals surface area contributed by atoms with Gasteiger partial charge in [-0.05, 0) is 46.5 Å². The molecule has 0 spiro atoms. The molecule has 0 heterocycles. The highest BCUT2D eigenvalue weighted by molar-refractivity contribution is 9.10. The third-order valence-electron chi connectivity index (χ3n) is 1.66. The molecule has 0 aromatic heterocycles. The van der Waals surface area contributed by atoms with E-state index < -0.39 is 0 Å². The average Bonchev–Trinajstić information content (AvgIpc) is 2.02. The average molecular weight is 243 g/mol. The fourth-order valence-corrected chi connectivity index (χ4v) is 1.59. The van der Waals surface area contributed by atoms with Gasteiger partial charge in [-0.15, -0.1) is 0 Å². The van der Waals surface area contributed by atoms with Crippen LogP contribution in [0.25, 0.3) is 0 Å². The molecule has 13 heavy (non-hydrogen) atoms. The molecule has 1 aromatic rings. The lowest BCUT2D eigenvalue weighted by molar-refractivity contribution is 0.269. The van der Waals surface area contributed by atoms with Crippen molar-refractivity contribution in [1.29, 1.82) is 0 Å². The summed E-state index contributed by atoms with van der Waals surface area (Å²) in [6.45, 7) is 7.11. The van der Waals surface area contributed by atoms with E-state index in [0.717, 1.165) is 16.8 Å². The number of benzene rings is 1. The van der Waals surface area contributed by atoms with Crippen molar-refractivity contribution in [3.63, 3.8) is 0 Å². The molecule has 0 fully saturated rings. The topological polar surface area (TPSA) is 9.23 Å². The van der Waals surface area contributed by atoms with Crippen LogP contribution >= 0.6 is 15.9 Å². The molecule has 0 aliphatic rings. The lowest BCUT2D eigenvalue weighted by atomic mass is 10.2. The molecular formula is C11H15BrO. The maximum atomic E-state index is 5.61. The maximum absolute atomic E-state index is 5.61. The van der Waals surface area contributed by atoms with Crippen LogP contribution in [0.1, 0.15) is 19.4 Å². The van der Waals surface area contributed by atoms with Crippen LogP contribution in [0, 0.1) is 12.8 Å². The number of rotatable bonds is 3. The van der Waals surface area contributed by atoms with Crippen molar-refractivity contribution in [3.8, 4) is 5.75 Å². The molecule has 1 nitrogen and oxygen atoms in total. The molecular weight excluding hydrogens is 228 g/mol. The Morgan fingerprint density at radius 1 is 1.38 bits per heavy atom. The Labute approximate surface area is 88.2 Å². The van der Waals surface area contributed by atoms with Gasteiger partial charge in [0.15, 0.2) is 0 Å². The van der Waals surface area contributed by atoms with E-state index in [1.807, 2.05) is 6.07 Å². The first-order chi connectivity index (χ1) is 6.09. The third kappa shape index (κ3) is 3.39. The minimum Gasteiger partial charge on any atom is -0.492 e. The van der Waals surface area contributed by atoms with E-state index in [1.165, 1.54) is 5.56 Å². The summed E-state index contributed by atoms with van der Waals surface area (Å²) in [4.78, 5) is 0. The van der Waals surface area contributed by atoms with Gasteiger partial charge in [-0.1, -0.05) is 19.9 Å². The summed E-state index contributed by atoms with van der Waals surface area (Å²) in [5.74, 6) is 1.49. The van der Waals surface area contributed by atoms with Crippen LogP contribution in [0.5, 0.6) is 5.75 Å². The molecule has 2 heteroatoms. The molecule has 0 unspecified atom stereocenters. The van der Waals surface area contributed by atoms with Crippen LogP contribution in [0.2, 0.25) is 0 Å². The molecule has 0 amide bonds. The van der Waals surface area contributed by atoms with Crippen molar-refractivity contribution in [3.05, 3.63) is 28.2 Å². The van der Waals surface area contributed by atoms with E-state index in [-0.39, 0.29) is 0 Å². The van der Waals surface area contributed by atoms with Gasteiger partial charge in [0.25, 0.3) is 0 Å². The number of hydrogen-bond acceptors (Lipinski definition) is 1. The lowest BCUT2D eigenvalue weighted by Gasteiger charge is -2.10. The van der Waals surface area contributed by atoms with Gasteiger partial charge in [0.05, 0.1) is 11.1 Å². The summed E-state index contributed by atoms with van der Waals surface area (Å²) in [5.41, 5.74) is 1.24. The highest BCUT2D eigenvalue weighted by atomic mass is 79.9. The largest absolute Gasteiger partial charge is 0.492 e. The maximum Gasteiger partial charge on any atom is 0.133 e. The zero-order valence-electron chi connectivity index (χ0n) is 8.30. The van der Waals surface area contributed by atoms with Gasteiger partial charge in [-0.2, -0.15) is 0 Å². The minimum atomic E-state index is 0.563. The normalized spacial score (nSPS) is 10.5. The number of halogens is 1. The Balaban J connectivity index is 2.67. The summed E-state index contributed by atoms with van der Waals surface area (Å²) in [7, 11) is 0. The summed E-state index contributed by atoms with van der Waals surface area (Å²) in [5, 5.41) is 0. The molecule has 0 aliphatic carbocycles. The van der Waals surface area contributed by atoms with Gasteiger partial charge in [0, 0.05) is 0 Å². The predicted molar refractivity (Wildman–Crippen MR) is 59.2 cm³/mol. The Hall–Kier alpha value is -0.500. The van der Waals surface area contributed by atoms with Crippen molar-refractivity contribution in [2.24, 2.45) is 5.92 Å². The van der Waals surface area contributed by atoms with E-state index >= 15 is 0 Å². The van der Waals surface area contributed by atoms with Gasteiger partial charge < -0.3 is 4.74 Å². The van der Waals surface area contributed by atoms with Crippen molar-refractivity contribution < 1.29 is 4.74 Å². The van der Waals surface area contributed by atoms with Gasteiger partial charge in [0.1, 0.15) is 5.75 Å². The lowest BCUT2D eigenvalue weighted by Crippen LogP contribution is -2.04. The van der Waals surface area contributed by atoms with Crippen molar-refractivity contribution in [1.82, 2.24) is 0 Å². The fraction of sp³-hybridized carbons (Fsp3) is 0.455. The van der Waals surface area contributed by atoms with Crippen LogP contribution in [-0.2, 0) is 0 Å². The first-order valence-electron chi connectivity index (χ1n) is 4.48. The zero-order valence-corrected chi connectivity index (χ0v) is 9.89. The fourth-order valence-electron chi connectivity index (χ4n) is 0.979. The first kappa shape index (κ1) is 10.6. The van der Waals surface area contributed by atoms with Gasteiger partial charge in [0.2, 0.25) is 0 Å². The Bertz CT molecular complexity index is 281. The van der Waals surface area contributed by atoms with Crippen LogP contribution in [0.4, 0.5) is 0 Å². The third-order valence-corrected chi connectivity index (χ3v) is 2.28. The van der Waals surface area contributed by atoms with E-state index in [2.05, 4.69) is 48.8 Å². The second-order valence-corrected chi connectivity index (χ2v) is 4.49. The van der Waals surface area contributed by atoms with Crippen LogP contribution in [-0.4, -0.2) is 6.61 Å². The summed E-state index contributed by atoms with van der Waals surface area (Å²) in [6.07, 6.45) is 0. The van der Waals surface area contributed by atoms with Crippen LogP contribution in [0.15, 0.2) is 22.7 Å². The highest BCUT2D eigenvalue weighted by Crippen LogP contribution is 2.25. The predicted octanol–water partition coefficient (Wildman–Crippen LogP) is 3.79. The van der Waals surface area contributed by atoms with E-state index in [1.54, 1.807) is 0 Å². The zero-order chi connectivity index (χ0) is 9.84. The Morgan fingerprint density at radius 2 is 2.08 bits per heavy atom. The molecule has 1 rings (SSSR count).